The first-order valence-electron chi connectivity index (χ1n) is 9.29. The zero-order valence-electron chi connectivity index (χ0n) is 15.9. The van der Waals surface area contributed by atoms with E-state index in [1.54, 1.807) is 18.7 Å². The lowest BCUT2D eigenvalue weighted by Crippen LogP contribution is -2.42. The molecule has 2 aliphatic heterocycles. The highest BCUT2D eigenvalue weighted by Gasteiger charge is 2.39. The number of carbonyl (C=O) groups is 3. The second-order valence-corrected chi connectivity index (χ2v) is 8.67. The van der Waals surface area contributed by atoms with Gasteiger partial charge in [0, 0.05) is 31.7 Å². The van der Waals surface area contributed by atoms with Gasteiger partial charge in [0.25, 0.3) is 5.91 Å². The molecule has 9 nitrogen and oxygen atoms in total. The van der Waals surface area contributed by atoms with E-state index >= 15 is 0 Å². The van der Waals surface area contributed by atoms with Crippen LogP contribution < -0.4 is 5.32 Å². The van der Waals surface area contributed by atoms with Gasteiger partial charge in [-0.15, -0.1) is 0 Å². The second-order valence-electron chi connectivity index (χ2n) is 6.73. The average Bonchev–Trinajstić information content (AvgIpc) is 3.28. The fourth-order valence-corrected chi connectivity index (χ4v) is 5.06. The van der Waals surface area contributed by atoms with Crippen LogP contribution in [-0.2, 0) is 14.8 Å². The predicted octanol–water partition coefficient (Wildman–Crippen LogP) is 0.483. The summed E-state index contributed by atoms with van der Waals surface area (Å²) < 4.78 is 26.4. The molecule has 2 heterocycles. The van der Waals surface area contributed by atoms with Gasteiger partial charge in [0.2, 0.25) is 15.9 Å². The van der Waals surface area contributed by atoms with E-state index in [1.807, 2.05) is 0 Å². The molecule has 1 aromatic rings. The number of nitrogens with one attached hydrogen (secondary N) is 1. The summed E-state index contributed by atoms with van der Waals surface area (Å²) in [4.78, 5) is 39.3. The Morgan fingerprint density at radius 1 is 1.18 bits per heavy atom. The molecule has 28 heavy (non-hydrogen) atoms. The molecule has 2 saturated heterocycles. The lowest BCUT2D eigenvalue weighted by Gasteiger charge is -2.22. The number of carbonyl (C=O) groups excluding carboxylic acids is 3. The molecule has 0 saturated carbocycles. The van der Waals surface area contributed by atoms with Crippen molar-refractivity contribution in [1.29, 1.82) is 0 Å². The number of nitrogens with zero attached hydrogens (tertiary/aromatic N) is 3. The van der Waals surface area contributed by atoms with Crippen molar-refractivity contribution in [2.75, 3.05) is 32.7 Å². The van der Waals surface area contributed by atoms with Gasteiger partial charge in [-0.05, 0) is 30.7 Å². The third-order valence-corrected chi connectivity index (χ3v) is 7.20. The molecule has 0 aliphatic carbocycles. The van der Waals surface area contributed by atoms with Crippen molar-refractivity contribution < 1.29 is 22.8 Å². The van der Waals surface area contributed by atoms with Crippen molar-refractivity contribution >= 4 is 27.9 Å². The van der Waals surface area contributed by atoms with Crippen LogP contribution in [0.2, 0.25) is 0 Å². The van der Waals surface area contributed by atoms with Crippen LogP contribution >= 0.6 is 0 Å². The normalized spacial score (nSPS) is 20.2. The van der Waals surface area contributed by atoms with E-state index in [0.717, 1.165) is 0 Å². The molecule has 2 aliphatic rings. The van der Waals surface area contributed by atoms with Crippen LogP contribution in [0.3, 0.4) is 0 Å². The number of amides is 4. The topological polar surface area (TPSA) is 107 Å². The zero-order chi connectivity index (χ0) is 20.5. The third-order valence-electron chi connectivity index (χ3n) is 5.14. The Hall–Kier alpha value is -2.46. The minimum Gasteiger partial charge on any atom is -0.336 e. The van der Waals surface area contributed by atoms with Crippen LogP contribution in [-0.4, -0.2) is 79.1 Å². The molecule has 0 spiro atoms. The monoisotopic (exact) mass is 408 g/mol. The van der Waals surface area contributed by atoms with E-state index in [0.29, 0.717) is 31.6 Å². The summed E-state index contributed by atoms with van der Waals surface area (Å²) in [5, 5.41) is 2.48. The van der Waals surface area contributed by atoms with Crippen LogP contribution in [0.15, 0.2) is 29.2 Å². The highest BCUT2D eigenvalue weighted by molar-refractivity contribution is 7.89. The largest absolute Gasteiger partial charge is 0.336 e. The van der Waals surface area contributed by atoms with Crippen LogP contribution in [0.25, 0.3) is 0 Å². The molecule has 1 N–H and O–H groups in total. The fraction of sp³-hybridized carbons (Fsp3) is 0.500. The summed E-state index contributed by atoms with van der Waals surface area (Å²) in [6, 6.07) is 5.12. The number of imide groups is 1. The average molecular weight is 408 g/mol. The maximum atomic E-state index is 12.7. The maximum Gasteiger partial charge on any atom is 0.324 e. The zero-order valence-corrected chi connectivity index (χ0v) is 16.7. The highest BCUT2D eigenvalue weighted by atomic mass is 32.2. The molecule has 1 aromatic carbocycles. The first-order chi connectivity index (χ1) is 13.3. The number of urea groups is 1. The molecule has 0 bridgehead atoms. The fourth-order valence-electron chi connectivity index (χ4n) is 3.61. The second kappa shape index (κ2) is 7.88. The molecule has 3 rings (SSSR count). The van der Waals surface area contributed by atoms with Crippen LogP contribution in [0.5, 0.6) is 0 Å². The number of hydrogen-bond donors (Lipinski definition) is 1. The minimum absolute atomic E-state index is 0.00818. The van der Waals surface area contributed by atoms with Crippen molar-refractivity contribution in [3.8, 4) is 0 Å². The summed E-state index contributed by atoms with van der Waals surface area (Å²) in [5.74, 6) is -0.531. The van der Waals surface area contributed by atoms with Crippen LogP contribution in [0.4, 0.5) is 4.79 Å². The summed E-state index contributed by atoms with van der Waals surface area (Å²) in [6.45, 7) is 4.99. The van der Waals surface area contributed by atoms with Gasteiger partial charge in [-0.3, -0.25) is 14.5 Å². The molecule has 0 radical (unpaired) electrons. The quantitative estimate of drug-likeness (QED) is 0.689. The predicted molar refractivity (Wildman–Crippen MR) is 101 cm³/mol. The third kappa shape index (κ3) is 3.61. The summed E-state index contributed by atoms with van der Waals surface area (Å²) >= 11 is 0. The van der Waals surface area contributed by atoms with Gasteiger partial charge < -0.3 is 10.2 Å². The van der Waals surface area contributed by atoms with E-state index in [2.05, 4.69) is 5.32 Å². The van der Waals surface area contributed by atoms with Crippen molar-refractivity contribution in [3.05, 3.63) is 29.8 Å². The Kier molecular flexibility index (Phi) is 5.71. The van der Waals surface area contributed by atoms with E-state index in [-0.39, 0.29) is 35.8 Å². The summed E-state index contributed by atoms with van der Waals surface area (Å²) in [6.07, 6.45) is 0.527. The lowest BCUT2D eigenvalue weighted by atomic mass is 10.2. The number of sulfonamides is 1. The van der Waals surface area contributed by atoms with Gasteiger partial charge in [-0.1, -0.05) is 13.8 Å². The number of likely N-dealkylation sites (tertiary alicyclic amines) is 1. The van der Waals surface area contributed by atoms with Crippen molar-refractivity contribution in [2.24, 2.45) is 0 Å². The van der Waals surface area contributed by atoms with Gasteiger partial charge in [0.1, 0.15) is 0 Å². The molecule has 10 heteroatoms. The Balaban J connectivity index is 1.70. The molecule has 152 valence electrons. The number of benzene rings is 1. The van der Waals surface area contributed by atoms with Gasteiger partial charge in [0.05, 0.1) is 17.5 Å². The van der Waals surface area contributed by atoms with E-state index in [1.165, 1.54) is 33.5 Å². The minimum atomic E-state index is -3.57. The van der Waals surface area contributed by atoms with Crippen LogP contribution in [0, 0.1) is 0 Å². The van der Waals surface area contributed by atoms with Gasteiger partial charge >= 0.3 is 6.03 Å². The summed E-state index contributed by atoms with van der Waals surface area (Å²) in [7, 11) is -3.57. The Morgan fingerprint density at radius 2 is 1.82 bits per heavy atom. The molecule has 1 atom stereocenters. The molecular weight excluding hydrogens is 384 g/mol. The van der Waals surface area contributed by atoms with Gasteiger partial charge in [0.15, 0.2) is 0 Å². The van der Waals surface area contributed by atoms with E-state index in [4.69, 9.17) is 0 Å². The maximum absolute atomic E-state index is 12.7. The Morgan fingerprint density at radius 3 is 2.36 bits per heavy atom. The van der Waals surface area contributed by atoms with E-state index in [9.17, 15) is 22.8 Å². The summed E-state index contributed by atoms with van der Waals surface area (Å²) in [5.41, 5.74) is 0.372. The lowest BCUT2D eigenvalue weighted by molar-refractivity contribution is -0.126. The standard InChI is InChI=1S/C18H24N4O5S/c1-3-21(4-2)28(26,27)15-7-5-13(6-8-15)17(24)20-10-9-14(12-20)22-16(23)11-19-18(22)25/h5-8,14H,3-4,9-12H2,1-2H3,(H,19,25). The van der Waals surface area contributed by atoms with Gasteiger partial charge in [-0.2, -0.15) is 4.31 Å². The first-order valence-corrected chi connectivity index (χ1v) is 10.7. The Labute approximate surface area is 164 Å². The highest BCUT2D eigenvalue weighted by Crippen LogP contribution is 2.22. The van der Waals surface area contributed by atoms with Crippen molar-refractivity contribution in [3.63, 3.8) is 0 Å². The smallest absolute Gasteiger partial charge is 0.324 e. The van der Waals surface area contributed by atoms with Crippen molar-refractivity contribution in [2.45, 2.75) is 31.2 Å². The van der Waals surface area contributed by atoms with E-state index < -0.39 is 16.1 Å². The van der Waals surface area contributed by atoms with Crippen LogP contribution in [0.1, 0.15) is 30.6 Å². The Bertz CT molecular complexity index is 864. The number of hydrogen-bond acceptors (Lipinski definition) is 5. The molecule has 1 unspecified atom stereocenters. The molecular formula is C18H24N4O5S. The number of rotatable bonds is 6. The molecule has 2 fully saturated rings. The SMILES string of the molecule is CCN(CC)S(=O)(=O)c1ccc(C(=O)N2CCC(N3C(=O)CNC3=O)C2)cc1. The molecule has 4 amide bonds. The molecule has 0 aromatic heterocycles. The first kappa shape index (κ1) is 20.3. The van der Waals surface area contributed by atoms with Crippen molar-refractivity contribution in [1.82, 2.24) is 19.4 Å². The van der Waals surface area contributed by atoms with Gasteiger partial charge in [-0.25, -0.2) is 13.2 Å².